The van der Waals surface area contributed by atoms with E-state index in [4.69, 9.17) is 39.0 Å². The molecule has 12 heteroatoms. The number of fused-ring (bicyclic) bond motifs is 1. The van der Waals surface area contributed by atoms with Gasteiger partial charge in [-0.3, -0.25) is 18.7 Å². The number of hydrogen-bond donors (Lipinski definition) is 3. The smallest absolute Gasteiger partial charge is 0.333 e. The fourth-order valence-electron chi connectivity index (χ4n) is 4.64. The number of imidazole rings is 1. The average Bonchev–Trinajstić information content (AvgIpc) is 3.35. The SMILES string of the molecule is NC(=O)Cn1c(=O)c2c(nc(-c3ccccc3Cl)n2-c2ccc(Cl)cc2)n(Cc2ccc(CC(O)CO)cc2)c1=O. The van der Waals surface area contributed by atoms with Crippen LogP contribution in [0.25, 0.3) is 28.2 Å². The van der Waals surface area contributed by atoms with Gasteiger partial charge in [0.2, 0.25) is 5.91 Å². The van der Waals surface area contributed by atoms with Crippen LogP contribution in [-0.2, 0) is 24.3 Å². The zero-order valence-electron chi connectivity index (χ0n) is 21.6. The van der Waals surface area contributed by atoms with Crippen molar-refractivity contribution in [1.29, 1.82) is 0 Å². The van der Waals surface area contributed by atoms with Crippen LogP contribution in [0, 0.1) is 0 Å². The number of primary amides is 1. The van der Waals surface area contributed by atoms with Crippen molar-refractivity contribution < 1.29 is 15.0 Å². The summed E-state index contributed by atoms with van der Waals surface area (Å²) in [5, 5.41) is 19.8. The van der Waals surface area contributed by atoms with Crippen LogP contribution in [0.4, 0.5) is 0 Å². The summed E-state index contributed by atoms with van der Waals surface area (Å²) in [6.45, 7) is -0.976. The highest BCUT2D eigenvalue weighted by molar-refractivity contribution is 6.33. The van der Waals surface area contributed by atoms with Gasteiger partial charge in [-0.1, -0.05) is 59.6 Å². The van der Waals surface area contributed by atoms with Gasteiger partial charge in [-0.25, -0.2) is 14.3 Å². The molecule has 210 valence electrons. The minimum atomic E-state index is -0.888. The fraction of sp³-hybridized carbons (Fsp3) is 0.172. The fourth-order valence-corrected chi connectivity index (χ4v) is 4.99. The Balaban J connectivity index is 1.79. The number of benzene rings is 3. The molecule has 0 saturated carbocycles. The highest BCUT2D eigenvalue weighted by Crippen LogP contribution is 2.32. The highest BCUT2D eigenvalue weighted by Gasteiger charge is 2.25. The van der Waals surface area contributed by atoms with E-state index in [1.165, 1.54) is 4.57 Å². The number of aliphatic hydroxyl groups excluding tert-OH is 2. The molecule has 2 aromatic heterocycles. The van der Waals surface area contributed by atoms with Gasteiger partial charge < -0.3 is 15.9 Å². The molecule has 5 aromatic rings. The molecule has 0 aliphatic carbocycles. The van der Waals surface area contributed by atoms with Crippen molar-refractivity contribution in [2.45, 2.75) is 25.6 Å². The molecule has 1 unspecified atom stereocenters. The Morgan fingerprint density at radius 1 is 0.927 bits per heavy atom. The van der Waals surface area contributed by atoms with Gasteiger partial charge in [0.05, 0.1) is 24.3 Å². The molecule has 41 heavy (non-hydrogen) atoms. The van der Waals surface area contributed by atoms with Gasteiger partial charge in [-0.05, 0) is 47.5 Å². The highest BCUT2D eigenvalue weighted by atomic mass is 35.5. The van der Waals surface area contributed by atoms with Crippen LogP contribution in [0.3, 0.4) is 0 Å². The van der Waals surface area contributed by atoms with E-state index >= 15 is 0 Å². The largest absolute Gasteiger partial charge is 0.394 e. The number of carbonyl (C=O) groups is 1. The Kier molecular flexibility index (Phi) is 8.09. The third kappa shape index (κ3) is 5.68. The molecule has 5 rings (SSSR count). The van der Waals surface area contributed by atoms with Crippen LogP contribution >= 0.6 is 23.2 Å². The third-order valence-electron chi connectivity index (χ3n) is 6.58. The Morgan fingerprint density at radius 2 is 1.59 bits per heavy atom. The molecule has 0 radical (unpaired) electrons. The summed E-state index contributed by atoms with van der Waals surface area (Å²) < 4.78 is 3.69. The molecule has 0 saturated heterocycles. The molecule has 0 bridgehead atoms. The van der Waals surface area contributed by atoms with Gasteiger partial charge in [-0.2, -0.15) is 0 Å². The zero-order chi connectivity index (χ0) is 29.3. The first kappa shape index (κ1) is 28.3. The van der Waals surface area contributed by atoms with Crippen LogP contribution in [0.2, 0.25) is 10.0 Å². The van der Waals surface area contributed by atoms with Gasteiger partial charge in [0, 0.05) is 22.7 Å². The molecule has 3 aromatic carbocycles. The number of aromatic nitrogens is 4. The van der Waals surface area contributed by atoms with Crippen LogP contribution in [-0.4, -0.2) is 47.5 Å². The minimum absolute atomic E-state index is 0.0107. The lowest BCUT2D eigenvalue weighted by Crippen LogP contribution is -2.43. The van der Waals surface area contributed by atoms with Crippen LogP contribution in [0.1, 0.15) is 11.1 Å². The summed E-state index contributed by atoms with van der Waals surface area (Å²) in [4.78, 5) is 44.2. The van der Waals surface area contributed by atoms with Crippen LogP contribution in [0.5, 0.6) is 0 Å². The number of aliphatic hydroxyl groups is 2. The van der Waals surface area contributed by atoms with E-state index in [2.05, 4.69) is 0 Å². The normalized spacial score (nSPS) is 12.1. The average molecular weight is 594 g/mol. The number of nitrogens with zero attached hydrogens (tertiary/aromatic N) is 4. The molecule has 0 aliphatic heterocycles. The second-order valence-corrected chi connectivity index (χ2v) is 10.3. The van der Waals surface area contributed by atoms with Gasteiger partial charge in [0.25, 0.3) is 5.56 Å². The number of hydrogen-bond acceptors (Lipinski definition) is 6. The van der Waals surface area contributed by atoms with E-state index in [-0.39, 0.29) is 30.7 Å². The molecule has 0 spiro atoms. The number of amides is 1. The first-order chi connectivity index (χ1) is 19.7. The number of nitrogens with two attached hydrogens (primary N) is 1. The Labute approximate surface area is 243 Å². The molecule has 0 aliphatic rings. The zero-order valence-corrected chi connectivity index (χ0v) is 23.1. The van der Waals surface area contributed by atoms with Gasteiger partial charge in [0.1, 0.15) is 12.4 Å². The number of rotatable bonds is 9. The molecule has 0 fully saturated rings. The summed E-state index contributed by atoms with van der Waals surface area (Å²) >= 11 is 12.7. The molecule has 4 N–H and O–H groups in total. The number of carbonyl (C=O) groups excluding carboxylic acids is 1. The van der Waals surface area contributed by atoms with Crippen LogP contribution < -0.4 is 17.0 Å². The maximum Gasteiger partial charge on any atom is 0.333 e. The van der Waals surface area contributed by atoms with E-state index in [0.29, 0.717) is 32.7 Å². The maximum absolute atomic E-state index is 13.8. The van der Waals surface area contributed by atoms with Gasteiger partial charge in [0.15, 0.2) is 11.2 Å². The summed E-state index contributed by atoms with van der Waals surface area (Å²) in [5.41, 5.74) is 6.60. The van der Waals surface area contributed by atoms with E-state index in [1.54, 1.807) is 77.4 Å². The number of halogens is 2. The van der Waals surface area contributed by atoms with Crippen molar-refractivity contribution in [1.82, 2.24) is 18.7 Å². The first-order valence-corrected chi connectivity index (χ1v) is 13.4. The topological polar surface area (TPSA) is 145 Å². The molecule has 1 atom stereocenters. The first-order valence-electron chi connectivity index (χ1n) is 12.6. The quantitative estimate of drug-likeness (QED) is 0.239. The van der Waals surface area contributed by atoms with Crippen molar-refractivity contribution in [2.75, 3.05) is 6.61 Å². The monoisotopic (exact) mass is 593 g/mol. The molecular formula is C29H25Cl2N5O5. The van der Waals surface area contributed by atoms with Crippen molar-refractivity contribution in [3.63, 3.8) is 0 Å². The van der Waals surface area contributed by atoms with Crippen LogP contribution in [0.15, 0.2) is 82.4 Å². The maximum atomic E-state index is 13.8. The summed E-state index contributed by atoms with van der Waals surface area (Å²) in [6, 6.07) is 20.8. The summed E-state index contributed by atoms with van der Waals surface area (Å²) in [5.74, 6) is -0.547. The lowest BCUT2D eigenvalue weighted by atomic mass is 10.1. The van der Waals surface area contributed by atoms with Gasteiger partial charge >= 0.3 is 5.69 Å². The molecular weight excluding hydrogens is 569 g/mol. The molecule has 1 amide bonds. The Morgan fingerprint density at radius 3 is 2.22 bits per heavy atom. The predicted molar refractivity (Wildman–Crippen MR) is 157 cm³/mol. The van der Waals surface area contributed by atoms with E-state index < -0.39 is 29.8 Å². The van der Waals surface area contributed by atoms with Crippen molar-refractivity contribution in [3.05, 3.63) is 115 Å². The Hall–Kier alpha value is -4.22. The second-order valence-electron chi connectivity index (χ2n) is 9.48. The van der Waals surface area contributed by atoms with Crippen molar-refractivity contribution in [3.8, 4) is 17.1 Å². The standard InChI is InChI=1S/C29H25Cl2N5O5/c30-19-9-11-20(12-10-19)36-25-27(33-26(36)22-3-1-2-4-23(22)31)34(29(41)35(28(25)40)15-24(32)39)14-18-7-5-17(6-8-18)13-21(38)16-37/h1-12,21,37-38H,13-16H2,(H2,32,39). The van der Waals surface area contributed by atoms with E-state index in [1.807, 2.05) is 0 Å². The Bertz CT molecular complexity index is 1860. The molecule has 2 heterocycles. The molecule has 10 nitrogen and oxygen atoms in total. The summed E-state index contributed by atoms with van der Waals surface area (Å²) in [6.07, 6.45) is -0.627. The second kappa shape index (κ2) is 11.7. The third-order valence-corrected chi connectivity index (χ3v) is 7.17. The van der Waals surface area contributed by atoms with Gasteiger partial charge in [-0.15, -0.1) is 0 Å². The lowest BCUT2D eigenvalue weighted by Gasteiger charge is -2.13. The lowest BCUT2D eigenvalue weighted by molar-refractivity contribution is -0.118. The minimum Gasteiger partial charge on any atom is -0.394 e. The van der Waals surface area contributed by atoms with Crippen molar-refractivity contribution in [2.24, 2.45) is 5.73 Å². The summed E-state index contributed by atoms with van der Waals surface area (Å²) in [7, 11) is 0. The van der Waals surface area contributed by atoms with E-state index in [0.717, 1.165) is 10.1 Å². The predicted octanol–water partition coefficient (Wildman–Crippen LogP) is 2.75. The van der Waals surface area contributed by atoms with Crippen molar-refractivity contribution >= 4 is 40.3 Å². The van der Waals surface area contributed by atoms with E-state index in [9.17, 15) is 19.5 Å².